The van der Waals surface area contributed by atoms with Crippen molar-refractivity contribution in [1.29, 1.82) is 0 Å². The molecule has 9 heteroatoms. The number of hydrogen-bond donors (Lipinski definition) is 2. The third kappa shape index (κ3) is 5.51. The van der Waals surface area contributed by atoms with Gasteiger partial charge in [-0.3, -0.25) is 30.0 Å². The van der Waals surface area contributed by atoms with Crippen LogP contribution in [-0.4, -0.2) is 35.6 Å². The number of rotatable bonds is 8. The number of hydrogen-bond acceptors (Lipinski definition) is 5. The highest BCUT2D eigenvalue weighted by Crippen LogP contribution is 2.08. The number of nitrogens with zero attached hydrogens (tertiary/aromatic N) is 6. The van der Waals surface area contributed by atoms with E-state index in [0.717, 1.165) is 25.9 Å². The van der Waals surface area contributed by atoms with E-state index in [-0.39, 0.29) is 6.03 Å². The molecule has 0 unspecified atom stereocenters. The Hall–Kier alpha value is -4.01. The molecule has 4 aromatic heterocycles. The van der Waals surface area contributed by atoms with E-state index in [0.29, 0.717) is 11.6 Å². The van der Waals surface area contributed by atoms with Crippen LogP contribution in [0.5, 0.6) is 0 Å². The lowest BCUT2D eigenvalue weighted by Gasteiger charge is -2.04. The summed E-state index contributed by atoms with van der Waals surface area (Å²) in [5, 5.41) is 14.2. The van der Waals surface area contributed by atoms with Crippen molar-refractivity contribution < 1.29 is 4.79 Å². The van der Waals surface area contributed by atoms with Crippen LogP contribution in [0.4, 0.5) is 16.4 Å². The summed E-state index contributed by atoms with van der Waals surface area (Å²) in [5.41, 5.74) is 2.37. The number of urea groups is 1. The number of carbonyl (C=O) groups excluding carboxylic acids is 1. The summed E-state index contributed by atoms with van der Waals surface area (Å²) in [6.45, 7) is 1.43. The predicted molar refractivity (Wildman–Crippen MR) is 113 cm³/mol. The molecule has 0 bridgehead atoms. The molecule has 0 aliphatic rings. The van der Waals surface area contributed by atoms with Gasteiger partial charge >= 0.3 is 6.03 Å². The molecule has 0 radical (unpaired) electrons. The lowest BCUT2D eigenvalue weighted by Crippen LogP contribution is -2.20. The van der Waals surface area contributed by atoms with Gasteiger partial charge in [0.05, 0.1) is 0 Å². The van der Waals surface area contributed by atoms with Gasteiger partial charge in [-0.1, -0.05) is 0 Å². The molecule has 2 amide bonds. The minimum Gasteiger partial charge on any atom is -0.291 e. The van der Waals surface area contributed by atoms with Crippen LogP contribution in [0.2, 0.25) is 0 Å². The molecule has 2 N–H and O–H groups in total. The molecule has 0 aliphatic heterocycles. The van der Waals surface area contributed by atoms with Crippen molar-refractivity contribution in [2.24, 2.45) is 0 Å². The normalized spacial score (nSPS) is 10.7. The number of carbonyl (C=O) groups is 1. The quantitative estimate of drug-likeness (QED) is 0.472. The monoisotopic (exact) mass is 402 g/mol. The second-order valence-electron chi connectivity index (χ2n) is 6.72. The van der Waals surface area contributed by atoms with Crippen LogP contribution in [0, 0.1) is 0 Å². The second kappa shape index (κ2) is 9.46. The van der Waals surface area contributed by atoms with E-state index >= 15 is 0 Å². The first-order chi connectivity index (χ1) is 14.7. The minimum absolute atomic E-state index is 0.381. The van der Waals surface area contributed by atoms with Crippen molar-refractivity contribution >= 4 is 17.7 Å². The van der Waals surface area contributed by atoms with E-state index < -0.39 is 0 Å². The molecule has 0 saturated heterocycles. The third-order valence-electron chi connectivity index (χ3n) is 4.52. The van der Waals surface area contributed by atoms with E-state index in [1.807, 2.05) is 36.7 Å². The SMILES string of the molecule is O=C(Nc1ccn(CCc2ccncc2)n1)Nc1ccn(CCc2ccncc2)n1. The van der Waals surface area contributed by atoms with Crippen LogP contribution in [0.25, 0.3) is 0 Å². The fourth-order valence-electron chi connectivity index (χ4n) is 2.96. The van der Waals surface area contributed by atoms with Crippen LogP contribution in [0.15, 0.2) is 73.6 Å². The van der Waals surface area contributed by atoms with E-state index in [4.69, 9.17) is 0 Å². The summed E-state index contributed by atoms with van der Waals surface area (Å²) in [6.07, 6.45) is 12.5. The Labute approximate surface area is 173 Å². The third-order valence-corrected chi connectivity index (χ3v) is 4.52. The lowest BCUT2D eigenvalue weighted by atomic mass is 10.2. The van der Waals surface area contributed by atoms with Crippen molar-refractivity contribution in [3.8, 4) is 0 Å². The maximum atomic E-state index is 12.2. The predicted octanol–water partition coefficient (Wildman–Crippen LogP) is 3.00. The highest BCUT2D eigenvalue weighted by atomic mass is 16.2. The van der Waals surface area contributed by atoms with Gasteiger partial charge in [0.25, 0.3) is 0 Å². The summed E-state index contributed by atoms with van der Waals surface area (Å²) >= 11 is 0. The zero-order chi connectivity index (χ0) is 20.6. The van der Waals surface area contributed by atoms with E-state index in [1.54, 1.807) is 46.3 Å². The molecule has 0 fully saturated rings. The van der Waals surface area contributed by atoms with Crippen LogP contribution < -0.4 is 10.6 Å². The molecule has 4 rings (SSSR count). The molecule has 0 aromatic carbocycles. The van der Waals surface area contributed by atoms with Gasteiger partial charge in [-0.05, 0) is 48.2 Å². The van der Waals surface area contributed by atoms with Crippen molar-refractivity contribution in [1.82, 2.24) is 29.5 Å². The average Bonchev–Trinajstić information content (AvgIpc) is 3.41. The van der Waals surface area contributed by atoms with Crippen molar-refractivity contribution in [3.05, 3.63) is 84.7 Å². The first-order valence-corrected chi connectivity index (χ1v) is 9.67. The van der Waals surface area contributed by atoms with Gasteiger partial charge in [-0.2, -0.15) is 10.2 Å². The molecular formula is C21H22N8O. The summed E-state index contributed by atoms with van der Waals surface area (Å²) in [7, 11) is 0. The number of pyridine rings is 2. The molecule has 9 nitrogen and oxygen atoms in total. The fourth-order valence-corrected chi connectivity index (χ4v) is 2.96. The highest BCUT2D eigenvalue weighted by molar-refractivity contribution is 5.98. The first kappa shape index (κ1) is 19.3. The molecule has 0 spiro atoms. The largest absolute Gasteiger partial charge is 0.326 e. The van der Waals surface area contributed by atoms with Gasteiger partial charge < -0.3 is 0 Å². The minimum atomic E-state index is -0.381. The van der Waals surface area contributed by atoms with Gasteiger partial charge in [0, 0.05) is 62.4 Å². The van der Waals surface area contributed by atoms with Gasteiger partial charge in [0.15, 0.2) is 11.6 Å². The number of nitrogens with one attached hydrogen (secondary N) is 2. The topological polar surface area (TPSA) is 103 Å². The summed E-state index contributed by atoms with van der Waals surface area (Å²) in [6, 6.07) is 11.1. The van der Waals surface area contributed by atoms with E-state index in [1.165, 1.54) is 11.1 Å². The number of aryl methyl sites for hydroxylation is 4. The maximum absolute atomic E-state index is 12.2. The number of amides is 2. The van der Waals surface area contributed by atoms with Gasteiger partial charge in [-0.15, -0.1) is 0 Å². The van der Waals surface area contributed by atoms with Crippen molar-refractivity contribution in [2.45, 2.75) is 25.9 Å². The van der Waals surface area contributed by atoms with E-state index in [9.17, 15) is 4.79 Å². The molecule has 4 aromatic rings. The zero-order valence-corrected chi connectivity index (χ0v) is 16.3. The Morgan fingerprint density at radius 3 is 1.57 bits per heavy atom. The number of aromatic nitrogens is 6. The van der Waals surface area contributed by atoms with Crippen LogP contribution in [-0.2, 0) is 25.9 Å². The maximum Gasteiger partial charge on any atom is 0.326 e. The van der Waals surface area contributed by atoms with Gasteiger partial charge in [0.2, 0.25) is 0 Å². The smallest absolute Gasteiger partial charge is 0.291 e. The fraction of sp³-hybridized carbons (Fsp3) is 0.190. The van der Waals surface area contributed by atoms with E-state index in [2.05, 4.69) is 30.8 Å². The van der Waals surface area contributed by atoms with Gasteiger partial charge in [-0.25, -0.2) is 4.79 Å². The molecular weight excluding hydrogens is 380 g/mol. The van der Waals surface area contributed by atoms with Crippen molar-refractivity contribution in [2.75, 3.05) is 10.6 Å². The number of anilines is 2. The Balaban J connectivity index is 1.24. The van der Waals surface area contributed by atoms with Crippen LogP contribution >= 0.6 is 0 Å². The summed E-state index contributed by atoms with van der Waals surface area (Å²) < 4.78 is 3.59. The Morgan fingerprint density at radius 2 is 1.13 bits per heavy atom. The van der Waals surface area contributed by atoms with Crippen LogP contribution in [0.3, 0.4) is 0 Å². The van der Waals surface area contributed by atoms with Gasteiger partial charge in [0.1, 0.15) is 0 Å². The zero-order valence-electron chi connectivity index (χ0n) is 16.3. The van der Waals surface area contributed by atoms with Crippen molar-refractivity contribution in [3.63, 3.8) is 0 Å². The molecule has 152 valence electrons. The highest BCUT2D eigenvalue weighted by Gasteiger charge is 2.08. The molecule has 0 aliphatic carbocycles. The summed E-state index contributed by atoms with van der Waals surface area (Å²) in [5.74, 6) is 0.971. The summed E-state index contributed by atoms with van der Waals surface area (Å²) in [4.78, 5) is 20.2. The Kier molecular flexibility index (Phi) is 6.09. The Morgan fingerprint density at radius 1 is 0.700 bits per heavy atom. The molecule has 0 atom stereocenters. The molecule has 30 heavy (non-hydrogen) atoms. The molecule has 0 saturated carbocycles. The van der Waals surface area contributed by atoms with Crippen LogP contribution in [0.1, 0.15) is 11.1 Å². The Bertz CT molecular complexity index is 989. The molecule has 4 heterocycles. The second-order valence-corrected chi connectivity index (χ2v) is 6.72. The average molecular weight is 402 g/mol. The first-order valence-electron chi connectivity index (χ1n) is 9.67. The standard InChI is InChI=1S/C21H22N8O/c30-21(24-19-7-15-28(26-19)13-5-17-1-9-22-10-2-17)25-20-8-16-29(27-20)14-6-18-3-11-23-12-4-18/h1-4,7-12,15-16H,5-6,13-14H2,(H2,24,25,26,27,30). The lowest BCUT2D eigenvalue weighted by molar-refractivity contribution is 0.262.